The minimum atomic E-state index is -0.637. The molecule has 6 heteroatoms. The van der Waals surface area contributed by atoms with E-state index in [4.69, 9.17) is 27.9 Å². The zero-order chi connectivity index (χ0) is 18.7. The van der Waals surface area contributed by atoms with Crippen LogP contribution in [0.2, 0.25) is 15.4 Å². The predicted molar refractivity (Wildman–Crippen MR) is 108 cm³/mol. The van der Waals surface area contributed by atoms with E-state index in [1.807, 2.05) is 49.3 Å². The van der Waals surface area contributed by atoms with Crippen LogP contribution in [0, 0.1) is 5.92 Å². The normalized spacial score (nSPS) is 22.7. The zero-order valence-electron chi connectivity index (χ0n) is 14.7. The second-order valence-corrected chi connectivity index (χ2v) is 9.82. The third kappa shape index (κ3) is 4.44. The first kappa shape index (κ1) is 19.7. The molecule has 0 radical (unpaired) electrons. The van der Waals surface area contributed by atoms with Gasteiger partial charge in [-0.2, -0.15) is 0 Å². The number of ether oxygens (including phenoxy) is 1. The molecule has 0 aromatic heterocycles. The van der Waals surface area contributed by atoms with Gasteiger partial charge in [-0.25, -0.2) is 0 Å². The van der Waals surface area contributed by atoms with Gasteiger partial charge in [0.25, 0.3) is 0 Å². The number of hydrogen-bond acceptors (Lipinski definition) is 3. The van der Waals surface area contributed by atoms with Crippen LogP contribution in [-0.4, -0.2) is 46.5 Å². The van der Waals surface area contributed by atoms with Gasteiger partial charge in [0.15, 0.2) is 0 Å². The van der Waals surface area contributed by atoms with E-state index in [1.54, 1.807) is 6.07 Å². The van der Waals surface area contributed by atoms with Crippen LogP contribution in [0.5, 0.6) is 0 Å². The van der Waals surface area contributed by atoms with Gasteiger partial charge < -0.3 is 0 Å². The van der Waals surface area contributed by atoms with Crippen molar-refractivity contribution in [3.63, 3.8) is 0 Å². The van der Waals surface area contributed by atoms with Crippen LogP contribution in [0.4, 0.5) is 0 Å². The molecule has 3 nitrogen and oxygen atoms in total. The van der Waals surface area contributed by atoms with E-state index in [-0.39, 0.29) is 26.8 Å². The zero-order valence-corrected chi connectivity index (χ0v) is 18.0. The third-order valence-corrected chi connectivity index (χ3v) is 7.74. The number of nitrogens with zero attached hydrogens (tertiary/aromatic N) is 1. The molecule has 2 atom stereocenters. The maximum absolute atomic E-state index is 12.6. The monoisotopic (exact) mass is 457 g/mol. The first-order chi connectivity index (χ1) is 12.4. The molecule has 2 aromatic rings. The molecule has 0 amide bonds. The van der Waals surface area contributed by atoms with Crippen molar-refractivity contribution in [3.05, 3.63) is 64.1 Å². The molecule has 0 bridgehead atoms. The summed E-state index contributed by atoms with van der Waals surface area (Å²) in [5.41, 5.74) is 0.293. The van der Waals surface area contributed by atoms with Gasteiger partial charge >= 0.3 is 171 Å². The molecule has 0 N–H and O–H groups in total. The van der Waals surface area contributed by atoms with E-state index in [0.29, 0.717) is 23.0 Å². The summed E-state index contributed by atoms with van der Waals surface area (Å²) in [5.74, 6) is -0.264. The molecule has 26 heavy (non-hydrogen) atoms. The number of hydrogen-bond donors (Lipinski definition) is 0. The van der Waals surface area contributed by atoms with E-state index in [9.17, 15) is 4.79 Å². The summed E-state index contributed by atoms with van der Waals surface area (Å²) < 4.78 is 7.30. The Labute approximate surface area is 170 Å². The van der Waals surface area contributed by atoms with Gasteiger partial charge in [-0.15, -0.1) is 0 Å². The Bertz CT molecular complexity index is 785. The standard InChI is InChI=1S/C20H21Cl2NO2Se/c1-23(2)12-14-11-20(25-19(14)24,13-26-16-6-4-3-5-7-16)15-8-9-17(21)18(22)10-15/h3-10,14H,11-13H2,1-2H3. The van der Waals surface area contributed by atoms with Crippen LogP contribution in [0.3, 0.4) is 0 Å². The Balaban J connectivity index is 1.91. The average Bonchev–Trinajstić information content (AvgIpc) is 2.93. The molecule has 1 aliphatic rings. The molecular weight excluding hydrogens is 436 g/mol. The summed E-state index contributed by atoms with van der Waals surface area (Å²) in [7, 11) is 3.95. The summed E-state index contributed by atoms with van der Waals surface area (Å²) in [6, 6.07) is 15.9. The average molecular weight is 457 g/mol. The molecule has 138 valence electrons. The number of rotatable bonds is 6. The van der Waals surface area contributed by atoms with Gasteiger partial charge in [-0.3, -0.25) is 0 Å². The van der Waals surface area contributed by atoms with Crippen LogP contribution < -0.4 is 4.46 Å². The molecule has 1 heterocycles. The van der Waals surface area contributed by atoms with Crippen molar-refractivity contribution in [3.8, 4) is 0 Å². The molecule has 1 saturated heterocycles. The molecule has 1 fully saturated rings. The fourth-order valence-corrected chi connectivity index (χ4v) is 5.81. The van der Waals surface area contributed by atoms with Crippen LogP contribution in [-0.2, 0) is 15.1 Å². The molecule has 0 aliphatic carbocycles. The van der Waals surface area contributed by atoms with Crippen molar-refractivity contribution >= 4 is 48.6 Å². The summed E-state index contributed by atoms with van der Waals surface area (Å²) >= 11 is 12.5. The van der Waals surface area contributed by atoms with Gasteiger partial charge in [0, 0.05) is 0 Å². The number of esters is 1. The number of carbonyl (C=O) groups excluding carboxylic acids is 1. The number of carbonyl (C=O) groups is 1. The maximum atomic E-state index is 12.6. The third-order valence-electron chi connectivity index (χ3n) is 4.45. The predicted octanol–water partition coefficient (Wildman–Crippen LogP) is 3.76. The van der Waals surface area contributed by atoms with Crippen molar-refractivity contribution in [2.75, 3.05) is 20.6 Å². The molecular formula is C20H21Cl2NO2Se. The van der Waals surface area contributed by atoms with E-state index in [1.165, 1.54) is 4.46 Å². The Hall–Kier alpha value is -1.03. The summed E-state index contributed by atoms with van der Waals surface area (Å²) in [6.45, 7) is 0.681. The second-order valence-electron chi connectivity index (χ2n) is 6.81. The van der Waals surface area contributed by atoms with Crippen molar-refractivity contribution in [2.24, 2.45) is 5.92 Å². The first-order valence-electron chi connectivity index (χ1n) is 8.40. The van der Waals surface area contributed by atoms with Gasteiger partial charge in [-0.05, 0) is 0 Å². The van der Waals surface area contributed by atoms with Crippen LogP contribution in [0.15, 0.2) is 48.5 Å². The molecule has 1 aliphatic heterocycles. The van der Waals surface area contributed by atoms with E-state index in [2.05, 4.69) is 12.1 Å². The van der Waals surface area contributed by atoms with Gasteiger partial charge in [0.1, 0.15) is 0 Å². The Morgan fingerprint density at radius 3 is 2.54 bits per heavy atom. The molecule has 2 unspecified atom stereocenters. The fourth-order valence-electron chi connectivity index (χ4n) is 3.22. The molecule has 0 saturated carbocycles. The van der Waals surface area contributed by atoms with E-state index < -0.39 is 5.60 Å². The van der Waals surface area contributed by atoms with Crippen molar-refractivity contribution in [1.29, 1.82) is 0 Å². The Morgan fingerprint density at radius 2 is 1.88 bits per heavy atom. The van der Waals surface area contributed by atoms with Crippen molar-refractivity contribution in [2.45, 2.75) is 17.3 Å². The van der Waals surface area contributed by atoms with Crippen LogP contribution >= 0.6 is 23.2 Å². The molecule has 2 aromatic carbocycles. The minimum absolute atomic E-state index is 0.131. The summed E-state index contributed by atoms with van der Waals surface area (Å²) in [5, 5.41) is 1.77. The summed E-state index contributed by atoms with van der Waals surface area (Å²) in [6.07, 6.45) is 0.663. The first-order valence-corrected chi connectivity index (χ1v) is 11.2. The number of benzene rings is 2. The Morgan fingerprint density at radius 1 is 1.15 bits per heavy atom. The SMILES string of the molecule is CN(C)CC1CC(C[Se]c2ccccc2)(c2ccc(Cl)c(Cl)c2)OC1=O. The van der Waals surface area contributed by atoms with Crippen LogP contribution in [0.1, 0.15) is 12.0 Å². The topological polar surface area (TPSA) is 29.5 Å². The second kappa shape index (κ2) is 8.33. The van der Waals surface area contributed by atoms with E-state index in [0.717, 1.165) is 10.9 Å². The van der Waals surface area contributed by atoms with Gasteiger partial charge in [0.2, 0.25) is 0 Å². The molecule has 0 spiro atoms. The number of halogens is 2. The van der Waals surface area contributed by atoms with Gasteiger partial charge in [-0.1, -0.05) is 0 Å². The Kier molecular flexibility index (Phi) is 6.32. The van der Waals surface area contributed by atoms with Gasteiger partial charge in [0.05, 0.1) is 0 Å². The fraction of sp³-hybridized carbons (Fsp3) is 0.350. The van der Waals surface area contributed by atoms with Crippen LogP contribution in [0.25, 0.3) is 0 Å². The number of cyclic esters (lactones) is 1. The van der Waals surface area contributed by atoms with Crippen molar-refractivity contribution in [1.82, 2.24) is 4.90 Å². The quantitative estimate of drug-likeness (QED) is 0.489. The summed E-state index contributed by atoms with van der Waals surface area (Å²) in [4.78, 5) is 14.6. The molecule has 3 rings (SSSR count). The van der Waals surface area contributed by atoms with Crippen molar-refractivity contribution < 1.29 is 9.53 Å². The van der Waals surface area contributed by atoms with E-state index >= 15 is 0 Å².